The summed E-state index contributed by atoms with van der Waals surface area (Å²) < 4.78 is 0. The van der Waals surface area contributed by atoms with Crippen molar-refractivity contribution in [3.8, 4) is 0 Å². The van der Waals surface area contributed by atoms with Gasteiger partial charge in [-0.05, 0) is 18.4 Å². The highest BCUT2D eigenvalue weighted by Gasteiger charge is 2.42. The van der Waals surface area contributed by atoms with Crippen LogP contribution in [0.4, 0.5) is 0 Å². The van der Waals surface area contributed by atoms with Gasteiger partial charge in [0.2, 0.25) is 11.8 Å². The zero-order chi connectivity index (χ0) is 13.8. The van der Waals surface area contributed by atoms with Crippen molar-refractivity contribution >= 4 is 24.2 Å². The van der Waals surface area contributed by atoms with Crippen LogP contribution in [-0.4, -0.2) is 24.4 Å². The maximum Gasteiger partial charge on any atom is 0.222 e. The maximum atomic E-state index is 11.5. The monoisotopic (exact) mass is 297 g/mol. The standard InChI is InChI=1S/C14H19N3O2.ClH/c15-13(18)10-8-17-11(12(10)14(16)19)7-6-9-4-2-1-3-5-9;/h1-5,10-12,17H,6-8H2,(H2,15,18)(H2,16,19);1H. The summed E-state index contributed by atoms with van der Waals surface area (Å²) in [6, 6.07) is 9.94. The first-order valence-corrected chi connectivity index (χ1v) is 6.45. The molecule has 0 spiro atoms. The predicted molar refractivity (Wildman–Crippen MR) is 79.2 cm³/mol. The van der Waals surface area contributed by atoms with Crippen molar-refractivity contribution in [2.45, 2.75) is 18.9 Å². The average molecular weight is 298 g/mol. The van der Waals surface area contributed by atoms with Crippen molar-refractivity contribution in [2.75, 3.05) is 6.54 Å². The Morgan fingerprint density at radius 3 is 2.35 bits per heavy atom. The minimum Gasteiger partial charge on any atom is -0.369 e. The van der Waals surface area contributed by atoms with E-state index >= 15 is 0 Å². The molecule has 0 radical (unpaired) electrons. The highest BCUT2D eigenvalue weighted by molar-refractivity contribution is 5.87. The molecule has 0 saturated carbocycles. The van der Waals surface area contributed by atoms with Gasteiger partial charge in [-0.3, -0.25) is 9.59 Å². The van der Waals surface area contributed by atoms with Crippen molar-refractivity contribution in [1.29, 1.82) is 0 Å². The maximum absolute atomic E-state index is 11.5. The second-order valence-corrected chi connectivity index (χ2v) is 4.98. The molecule has 110 valence electrons. The molecular weight excluding hydrogens is 278 g/mol. The number of halogens is 1. The van der Waals surface area contributed by atoms with Gasteiger partial charge in [0.25, 0.3) is 0 Å². The molecule has 5 nitrogen and oxygen atoms in total. The van der Waals surface area contributed by atoms with Crippen LogP contribution in [0.5, 0.6) is 0 Å². The fourth-order valence-electron chi connectivity index (χ4n) is 2.74. The molecule has 2 amide bonds. The van der Waals surface area contributed by atoms with Crippen LogP contribution < -0.4 is 16.8 Å². The largest absolute Gasteiger partial charge is 0.369 e. The minimum atomic E-state index is -0.499. The van der Waals surface area contributed by atoms with Crippen LogP contribution >= 0.6 is 12.4 Å². The van der Waals surface area contributed by atoms with Crippen LogP contribution in [0.15, 0.2) is 30.3 Å². The number of nitrogens with two attached hydrogens (primary N) is 2. The molecular formula is C14H20ClN3O2. The van der Waals surface area contributed by atoms with Crippen LogP contribution in [0.3, 0.4) is 0 Å². The summed E-state index contributed by atoms with van der Waals surface area (Å²) >= 11 is 0. The Hall–Kier alpha value is -1.59. The van der Waals surface area contributed by atoms with E-state index in [9.17, 15) is 9.59 Å². The number of amides is 2. The molecule has 1 aliphatic rings. The predicted octanol–water partition coefficient (Wildman–Crippen LogP) is 0.216. The summed E-state index contributed by atoms with van der Waals surface area (Å²) in [5.41, 5.74) is 11.9. The van der Waals surface area contributed by atoms with Crippen molar-refractivity contribution in [1.82, 2.24) is 5.32 Å². The first-order chi connectivity index (χ1) is 9.09. The summed E-state index contributed by atoms with van der Waals surface area (Å²) in [6.45, 7) is 0.433. The molecule has 0 bridgehead atoms. The van der Waals surface area contributed by atoms with Gasteiger partial charge in [0.15, 0.2) is 0 Å². The lowest BCUT2D eigenvalue weighted by Crippen LogP contribution is -2.40. The molecule has 1 saturated heterocycles. The number of primary amides is 2. The lowest BCUT2D eigenvalue weighted by Gasteiger charge is -2.19. The normalized spacial score (nSPS) is 24.9. The summed E-state index contributed by atoms with van der Waals surface area (Å²) in [7, 11) is 0. The molecule has 1 aromatic carbocycles. The van der Waals surface area contributed by atoms with Crippen molar-refractivity contribution < 1.29 is 9.59 Å². The van der Waals surface area contributed by atoms with Gasteiger partial charge in [-0.25, -0.2) is 0 Å². The fourth-order valence-corrected chi connectivity index (χ4v) is 2.74. The Kier molecular flexibility index (Phi) is 5.98. The van der Waals surface area contributed by atoms with Crippen molar-refractivity contribution in [3.63, 3.8) is 0 Å². The molecule has 1 aliphatic heterocycles. The van der Waals surface area contributed by atoms with Gasteiger partial charge in [-0.2, -0.15) is 0 Å². The van der Waals surface area contributed by atoms with Gasteiger partial charge in [-0.1, -0.05) is 30.3 Å². The Morgan fingerprint density at radius 1 is 1.15 bits per heavy atom. The van der Waals surface area contributed by atoms with Gasteiger partial charge < -0.3 is 16.8 Å². The third kappa shape index (κ3) is 3.71. The quantitative estimate of drug-likeness (QED) is 0.725. The number of benzene rings is 1. The average Bonchev–Trinajstić information content (AvgIpc) is 2.81. The zero-order valence-electron chi connectivity index (χ0n) is 11.1. The molecule has 20 heavy (non-hydrogen) atoms. The number of carbonyl (C=O) groups excluding carboxylic acids is 2. The zero-order valence-corrected chi connectivity index (χ0v) is 11.9. The SMILES string of the molecule is Cl.NC(=O)C1CNC(CCc2ccccc2)C1C(N)=O. The Labute approximate surface area is 124 Å². The number of carbonyl (C=O) groups is 2. The van der Waals surface area contributed by atoms with E-state index in [1.54, 1.807) is 0 Å². The number of rotatable bonds is 5. The van der Waals surface area contributed by atoms with E-state index in [-0.39, 0.29) is 18.4 Å². The van der Waals surface area contributed by atoms with Gasteiger partial charge in [0.1, 0.15) is 0 Å². The van der Waals surface area contributed by atoms with E-state index in [0.717, 1.165) is 12.8 Å². The lowest BCUT2D eigenvalue weighted by molar-refractivity contribution is -0.130. The second-order valence-electron chi connectivity index (χ2n) is 4.98. The molecule has 1 fully saturated rings. The van der Waals surface area contributed by atoms with E-state index < -0.39 is 23.7 Å². The van der Waals surface area contributed by atoms with Gasteiger partial charge in [0, 0.05) is 12.6 Å². The van der Waals surface area contributed by atoms with Crippen LogP contribution in [-0.2, 0) is 16.0 Å². The Morgan fingerprint density at radius 2 is 1.80 bits per heavy atom. The molecule has 1 heterocycles. The molecule has 3 unspecified atom stereocenters. The van der Waals surface area contributed by atoms with Gasteiger partial charge in [-0.15, -0.1) is 12.4 Å². The Balaban J connectivity index is 0.00000200. The van der Waals surface area contributed by atoms with E-state index in [1.807, 2.05) is 30.3 Å². The van der Waals surface area contributed by atoms with Crippen molar-refractivity contribution in [3.05, 3.63) is 35.9 Å². The van der Waals surface area contributed by atoms with Gasteiger partial charge in [0.05, 0.1) is 11.8 Å². The number of aryl methyl sites for hydroxylation is 1. The highest BCUT2D eigenvalue weighted by Crippen LogP contribution is 2.25. The summed E-state index contributed by atoms with van der Waals surface area (Å²) in [5.74, 6) is -1.90. The van der Waals surface area contributed by atoms with Crippen LogP contribution in [0.25, 0.3) is 0 Å². The van der Waals surface area contributed by atoms with Crippen LogP contribution in [0.2, 0.25) is 0 Å². The second kappa shape index (κ2) is 7.26. The van der Waals surface area contributed by atoms with Gasteiger partial charge >= 0.3 is 0 Å². The lowest BCUT2D eigenvalue weighted by atomic mass is 9.87. The third-order valence-corrected chi connectivity index (χ3v) is 3.75. The number of hydrogen-bond donors (Lipinski definition) is 3. The van der Waals surface area contributed by atoms with Crippen LogP contribution in [0, 0.1) is 11.8 Å². The minimum absolute atomic E-state index is 0. The van der Waals surface area contributed by atoms with E-state index in [0.29, 0.717) is 6.54 Å². The molecule has 1 aromatic rings. The third-order valence-electron chi connectivity index (χ3n) is 3.75. The molecule has 0 aromatic heterocycles. The summed E-state index contributed by atoms with van der Waals surface area (Å²) in [6.07, 6.45) is 1.61. The van der Waals surface area contributed by atoms with E-state index in [1.165, 1.54) is 5.56 Å². The number of hydrogen-bond acceptors (Lipinski definition) is 3. The first-order valence-electron chi connectivity index (χ1n) is 6.45. The molecule has 5 N–H and O–H groups in total. The highest BCUT2D eigenvalue weighted by atomic mass is 35.5. The summed E-state index contributed by atoms with van der Waals surface area (Å²) in [5, 5.41) is 3.19. The van der Waals surface area contributed by atoms with E-state index in [4.69, 9.17) is 11.5 Å². The van der Waals surface area contributed by atoms with E-state index in [2.05, 4.69) is 5.32 Å². The molecule has 0 aliphatic carbocycles. The smallest absolute Gasteiger partial charge is 0.222 e. The summed E-state index contributed by atoms with van der Waals surface area (Å²) in [4.78, 5) is 22.8. The molecule has 3 atom stereocenters. The van der Waals surface area contributed by atoms with Crippen molar-refractivity contribution in [2.24, 2.45) is 23.3 Å². The fraction of sp³-hybridized carbons (Fsp3) is 0.429. The first kappa shape index (κ1) is 16.5. The van der Waals surface area contributed by atoms with Crippen LogP contribution in [0.1, 0.15) is 12.0 Å². The number of nitrogens with one attached hydrogen (secondary N) is 1. The Bertz CT molecular complexity index is 467. The topological polar surface area (TPSA) is 98.2 Å². The molecule has 6 heteroatoms. The molecule has 2 rings (SSSR count).